The molecule has 0 heterocycles. The second-order valence-electron chi connectivity index (χ2n) is 0.600. The van der Waals surface area contributed by atoms with Gasteiger partial charge in [0.05, 0.1) is 0 Å². The first-order valence-corrected chi connectivity index (χ1v) is 3.69. The minimum atomic E-state index is -5.00. The quantitative estimate of drug-likeness (QED) is 0.329. The molecule has 7 heavy (non-hydrogen) atoms. The third-order valence-corrected chi connectivity index (χ3v) is 0. The van der Waals surface area contributed by atoms with E-state index in [1.54, 1.807) is 0 Å². The Hall–Kier alpha value is 1.96. The van der Waals surface area contributed by atoms with Crippen LogP contribution in [0.4, 0.5) is 0 Å². The van der Waals surface area contributed by atoms with Gasteiger partial charge in [0.2, 0.25) is 0 Å². The molecular weight excluding hydrogens is 377 g/mol. The SMILES string of the molecule is [BiH3].[Fe].[OH][Ti]([OH])([OH])[OH]. The standard InChI is InChI=1S/Bi.Fe.4H2O.Ti.3H/h;;4*1H2;;;;/q;;;;;;+4;;;/p-4. The molecule has 0 rings (SSSR count). The molecule has 0 bridgehead atoms. The van der Waals surface area contributed by atoms with Gasteiger partial charge in [0, 0.05) is 17.1 Å². The van der Waals surface area contributed by atoms with E-state index in [2.05, 4.69) is 0 Å². The fraction of sp³-hybridized carbons (Fsp3) is 0. The second kappa shape index (κ2) is 6.08. The topological polar surface area (TPSA) is 80.9 Å². The molecule has 0 aliphatic heterocycles. The van der Waals surface area contributed by atoms with Crippen molar-refractivity contribution in [2.75, 3.05) is 0 Å². The monoisotopic (exact) mass is 384 g/mol. The zero-order chi connectivity index (χ0) is 4.50. The van der Waals surface area contributed by atoms with Crippen LogP contribution in [0.2, 0.25) is 0 Å². The Morgan fingerprint density at radius 3 is 0.857 bits per heavy atom. The van der Waals surface area contributed by atoms with Crippen LogP contribution in [0.1, 0.15) is 0 Å². The number of hydrogen-bond acceptors (Lipinski definition) is 4. The van der Waals surface area contributed by atoms with Crippen LogP contribution >= 0.6 is 0 Å². The predicted octanol–water partition coefficient (Wildman–Crippen LogP) is -3.42. The Bertz CT molecular complexity index is 27.2. The van der Waals surface area contributed by atoms with Gasteiger partial charge in [0.25, 0.3) is 0 Å². The summed E-state index contributed by atoms with van der Waals surface area (Å²) in [6.07, 6.45) is 0. The zero-order valence-corrected chi connectivity index (χ0v) is 11.5. The summed E-state index contributed by atoms with van der Waals surface area (Å²) in [5, 5.41) is 0. The molecular formula is H7BiFeO4Ti. The van der Waals surface area contributed by atoms with Gasteiger partial charge >= 0.3 is 59.1 Å². The van der Waals surface area contributed by atoms with Crippen LogP contribution in [0.15, 0.2) is 0 Å². The number of rotatable bonds is 0. The van der Waals surface area contributed by atoms with Gasteiger partial charge in [-0.05, 0) is 0 Å². The Morgan fingerprint density at radius 2 is 0.857 bits per heavy atom. The van der Waals surface area contributed by atoms with Gasteiger partial charge < -0.3 is 0 Å². The Morgan fingerprint density at radius 1 is 0.857 bits per heavy atom. The van der Waals surface area contributed by atoms with E-state index in [1.165, 1.54) is 0 Å². The normalized spacial score (nSPS) is 8.57. The third-order valence-electron chi connectivity index (χ3n) is 0. The van der Waals surface area contributed by atoms with E-state index in [1.807, 2.05) is 0 Å². The van der Waals surface area contributed by atoms with Crippen molar-refractivity contribution in [3.8, 4) is 0 Å². The van der Waals surface area contributed by atoms with Crippen molar-refractivity contribution in [1.29, 1.82) is 0 Å². The first-order chi connectivity index (χ1) is 2.00. The van der Waals surface area contributed by atoms with Gasteiger partial charge in [0.15, 0.2) is 0 Å². The van der Waals surface area contributed by atoms with Crippen molar-refractivity contribution in [1.82, 2.24) is 0 Å². The van der Waals surface area contributed by atoms with Crippen molar-refractivity contribution in [2.45, 2.75) is 0 Å². The molecule has 4 N–H and O–H groups in total. The van der Waals surface area contributed by atoms with Crippen molar-refractivity contribution in [2.24, 2.45) is 0 Å². The molecule has 0 spiro atoms. The molecule has 0 aliphatic carbocycles. The van der Waals surface area contributed by atoms with Crippen LogP contribution in [0.5, 0.6) is 0 Å². The van der Waals surface area contributed by atoms with E-state index in [0.29, 0.717) is 0 Å². The summed E-state index contributed by atoms with van der Waals surface area (Å²) in [7, 11) is 0. The molecule has 0 aromatic carbocycles. The molecule has 0 saturated carbocycles. The molecule has 0 unspecified atom stereocenters. The molecule has 4 nitrogen and oxygen atoms in total. The molecule has 0 aromatic heterocycles. The maximum atomic E-state index is 7.38. The van der Waals surface area contributed by atoms with Gasteiger partial charge in [-0.1, -0.05) is 0 Å². The second-order valence-corrected chi connectivity index (χ2v) is 2.47. The summed E-state index contributed by atoms with van der Waals surface area (Å²) >= 11 is -5.00. The summed E-state index contributed by atoms with van der Waals surface area (Å²) < 4.78 is 29.5. The third kappa shape index (κ3) is 73.7. The fourth-order valence-corrected chi connectivity index (χ4v) is 0. The first kappa shape index (κ1) is 16.0. The average Bonchev–Trinajstić information content (AvgIpc) is 0.722. The first-order valence-electron chi connectivity index (χ1n) is 0.894. The zero-order valence-electron chi connectivity index (χ0n) is 3.35. The van der Waals surface area contributed by atoms with E-state index < -0.39 is 18.1 Å². The molecule has 0 aromatic rings. The Kier molecular flexibility index (Phi) is 13.9. The molecule has 0 aliphatic rings. The molecule has 0 saturated heterocycles. The minimum absolute atomic E-state index is 0. The van der Waals surface area contributed by atoms with Crippen molar-refractivity contribution in [3.63, 3.8) is 0 Å². The van der Waals surface area contributed by atoms with Gasteiger partial charge in [-0.3, -0.25) is 0 Å². The molecule has 48 valence electrons. The number of hydrogen-bond donors (Lipinski definition) is 4. The predicted molar refractivity (Wildman–Crippen MR) is 18.8 cm³/mol. The van der Waals surface area contributed by atoms with E-state index >= 15 is 0 Å². The van der Waals surface area contributed by atoms with E-state index in [9.17, 15) is 0 Å². The fourth-order valence-electron chi connectivity index (χ4n) is 0. The maximum absolute atomic E-state index is 7.38. The molecule has 0 atom stereocenters. The Balaban J connectivity index is -0.0000000800. The van der Waals surface area contributed by atoms with Crippen LogP contribution < -0.4 is 0 Å². The Labute approximate surface area is 75.4 Å². The average molecular weight is 384 g/mol. The van der Waals surface area contributed by atoms with Crippen molar-refractivity contribution in [3.05, 3.63) is 0 Å². The van der Waals surface area contributed by atoms with Crippen molar-refractivity contribution >= 4 is 26.2 Å². The summed E-state index contributed by atoms with van der Waals surface area (Å²) in [5.74, 6) is 0. The van der Waals surface area contributed by atoms with E-state index in [4.69, 9.17) is 14.8 Å². The summed E-state index contributed by atoms with van der Waals surface area (Å²) in [4.78, 5) is 0. The molecule has 0 radical (unpaired) electrons. The van der Waals surface area contributed by atoms with Crippen molar-refractivity contribution < 1.29 is 50.0 Å². The molecule has 0 fully saturated rings. The van der Waals surface area contributed by atoms with Gasteiger partial charge in [0.1, 0.15) is 0 Å². The van der Waals surface area contributed by atoms with Crippen LogP contribution in [0, 0.1) is 0 Å². The van der Waals surface area contributed by atoms with Crippen LogP contribution in [-0.2, 0) is 35.2 Å². The van der Waals surface area contributed by atoms with Crippen LogP contribution in [0.3, 0.4) is 0 Å². The molecule has 0 amide bonds. The summed E-state index contributed by atoms with van der Waals surface area (Å²) in [6.45, 7) is 0. The van der Waals surface area contributed by atoms with E-state index in [-0.39, 0.29) is 43.3 Å². The van der Waals surface area contributed by atoms with Gasteiger partial charge in [-0.25, -0.2) is 0 Å². The van der Waals surface area contributed by atoms with Crippen LogP contribution in [-0.4, -0.2) is 41.0 Å². The van der Waals surface area contributed by atoms with Gasteiger partial charge in [-0.15, -0.1) is 0 Å². The van der Waals surface area contributed by atoms with Gasteiger partial charge in [-0.2, -0.15) is 0 Å². The molecule has 7 heteroatoms. The summed E-state index contributed by atoms with van der Waals surface area (Å²) in [6, 6.07) is 0. The van der Waals surface area contributed by atoms with E-state index in [0.717, 1.165) is 0 Å². The summed E-state index contributed by atoms with van der Waals surface area (Å²) in [5.41, 5.74) is 0. The van der Waals surface area contributed by atoms with Crippen LogP contribution in [0.25, 0.3) is 0 Å².